The molecule has 0 spiro atoms. The van der Waals surface area contributed by atoms with Crippen molar-refractivity contribution in [2.24, 2.45) is 0 Å². The number of aryl methyl sites for hydroxylation is 1. The minimum atomic E-state index is -0.00958. The first-order valence-electron chi connectivity index (χ1n) is 6.89. The number of para-hydroxylation sites is 1. The Morgan fingerprint density at radius 3 is 2.21 bits per heavy atom. The molecule has 4 heteroatoms. The fraction of sp³-hybridized carbons (Fsp3) is 0.600. The molecular formula is C15H22I2O2. The Morgan fingerprint density at radius 2 is 1.53 bits per heavy atom. The van der Waals surface area contributed by atoms with E-state index in [0.29, 0.717) is 0 Å². The van der Waals surface area contributed by atoms with Crippen LogP contribution in [0, 0.1) is 0 Å². The lowest BCUT2D eigenvalue weighted by atomic mass is 10.0. The molecule has 0 radical (unpaired) electrons. The van der Waals surface area contributed by atoms with E-state index in [1.807, 2.05) is 6.07 Å². The third kappa shape index (κ3) is 7.58. The van der Waals surface area contributed by atoms with Crippen LogP contribution in [0.4, 0.5) is 0 Å². The second kappa shape index (κ2) is 10.1. The Morgan fingerprint density at radius 1 is 0.895 bits per heavy atom. The van der Waals surface area contributed by atoms with Gasteiger partial charge in [0.25, 0.3) is 0 Å². The van der Waals surface area contributed by atoms with Crippen LogP contribution in [-0.2, 0) is 6.42 Å². The van der Waals surface area contributed by atoms with Crippen LogP contribution in [0.3, 0.4) is 0 Å². The average Bonchev–Trinajstić information content (AvgIpc) is 2.37. The fourth-order valence-corrected chi connectivity index (χ4v) is 2.98. The molecule has 0 unspecified atom stereocenters. The third-order valence-corrected chi connectivity index (χ3v) is 4.46. The Hall–Kier alpha value is 0.280. The van der Waals surface area contributed by atoms with Crippen molar-refractivity contribution in [3.63, 3.8) is 0 Å². The molecule has 19 heavy (non-hydrogen) atoms. The first kappa shape index (κ1) is 17.3. The zero-order valence-electron chi connectivity index (χ0n) is 11.1. The van der Waals surface area contributed by atoms with E-state index in [-0.39, 0.29) is 11.5 Å². The molecule has 0 saturated heterocycles. The maximum atomic E-state index is 9.67. The Kier molecular flexibility index (Phi) is 9.19. The van der Waals surface area contributed by atoms with Crippen molar-refractivity contribution in [1.82, 2.24) is 0 Å². The monoisotopic (exact) mass is 488 g/mol. The molecule has 108 valence electrons. The molecule has 0 aromatic heterocycles. The summed E-state index contributed by atoms with van der Waals surface area (Å²) < 4.78 is 0.768. The minimum absolute atomic E-state index is 0.00958. The number of phenols is 2. The predicted molar refractivity (Wildman–Crippen MR) is 97.6 cm³/mol. The molecule has 0 fully saturated rings. The summed E-state index contributed by atoms with van der Waals surface area (Å²) in [7, 11) is 0. The summed E-state index contributed by atoms with van der Waals surface area (Å²) in [6.45, 7) is 0. The van der Waals surface area contributed by atoms with Crippen LogP contribution in [0.1, 0.15) is 50.5 Å². The summed E-state index contributed by atoms with van der Waals surface area (Å²) in [5, 5.41) is 19.1. The van der Waals surface area contributed by atoms with Gasteiger partial charge in [-0.1, -0.05) is 89.4 Å². The van der Waals surface area contributed by atoms with E-state index in [1.165, 1.54) is 44.6 Å². The number of rotatable bonds is 9. The van der Waals surface area contributed by atoms with Crippen molar-refractivity contribution in [3.05, 3.63) is 23.8 Å². The molecule has 1 rings (SSSR count). The van der Waals surface area contributed by atoms with E-state index in [2.05, 4.69) is 45.2 Å². The van der Waals surface area contributed by atoms with Gasteiger partial charge in [0.1, 0.15) is 0 Å². The molecule has 0 aliphatic rings. The highest BCUT2D eigenvalue weighted by molar-refractivity contribution is 14.2. The lowest BCUT2D eigenvalue weighted by Crippen LogP contribution is -1.88. The van der Waals surface area contributed by atoms with Gasteiger partial charge in [-0.05, 0) is 30.9 Å². The van der Waals surface area contributed by atoms with Gasteiger partial charge in [-0.2, -0.15) is 0 Å². The van der Waals surface area contributed by atoms with Crippen molar-refractivity contribution in [1.29, 1.82) is 0 Å². The van der Waals surface area contributed by atoms with Gasteiger partial charge >= 0.3 is 0 Å². The number of aromatic hydroxyl groups is 2. The van der Waals surface area contributed by atoms with Crippen LogP contribution in [0.5, 0.6) is 11.5 Å². The van der Waals surface area contributed by atoms with E-state index >= 15 is 0 Å². The topological polar surface area (TPSA) is 40.5 Å². The van der Waals surface area contributed by atoms with Gasteiger partial charge in [-0.15, -0.1) is 0 Å². The highest BCUT2D eigenvalue weighted by atomic mass is 127. The largest absolute Gasteiger partial charge is 0.504 e. The van der Waals surface area contributed by atoms with Crippen LogP contribution in [0.25, 0.3) is 0 Å². The van der Waals surface area contributed by atoms with Crippen LogP contribution in [0.15, 0.2) is 18.2 Å². The molecular weight excluding hydrogens is 466 g/mol. The highest BCUT2D eigenvalue weighted by Gasteiger charge is 2.04. The Labute approximate surface area is 143 Å². The number of alkyl halides is 2. The molecule has 1 aromatic carbocycles. The third-order valence-electron chi connectivity index (χ3n) is 3.22. The molecule has 2 nitrogen and oxygen atoms in total. The van der Waals surface area contributed by atoms with Gasteiger partial charge in [0.2, 0.25) is 0 Å². The molecule has 0 saturated carbocycles. The van der Waals surface area contributed by atoms with Crippen molar-refractivity contribution in [3.8, 4) is 11.5 Å². The molecule has 0 amide bonds. The maximum absolute atomic E-state index is 9.67. The van der Waals surface area contributed by atoms with E-state index in [4.69, 9.17) is 0 Å². The van der Waals surface area contributed by atoms with Crippen molar-refractivity contribution >= 4 is 45.2 Å². The molecule has 0 bridgehead atoms. The SMILES string of the molecule is Oc1cccc(CCCCCCCCC(I)I)c1O. The van der Waals surface area contributed by atoms with E-state index in [0.717, 1.165) is 20.3 Å². The van der Waals surface area contributed by atoms with Gasteiger partial charge in [0.05, 0.1) is 1.93 Å². The summed E-state index contributed by atoms with van der Waals surface area (Å²) in [6, 6.07) is 5.19. The lowest BCUT2D eigenvalue weighted by molar-refractivity contribution is 0.398. The predicted octanol–water partition coefficient (Wildman–Crippen LogP) is 5.57. The number of unbranched alkanes of at least 4 members (excludes halogenated alkanes) is 5. The number of phenolic OH excluding ortho intramolecular Hbond substituents is 2. The van der Waals surface area contributed by atoms with Crippen LogP contribution < -0.4 is 0 Å². The second-order valence-electron chi connectivity index (χ2n) is 4.84. The first-order chi connectivity index (χ1) is 9.11. The van der Waals surface area contributed by atoms with Gasteiger partial charge < -0.3 is 10.2 Å². The van der Waals surface area contributed by atoms with Crippen molar-refractivity contribution in [2.75, 3.05) is 0 Å². The summed E-state index contributed by atoms with van der Waals surface area (Å²) in [4.78, 5) is 0. The normalized spacial score (nSPS) is 11.1. The fourth-order valence-electron chi connectivity index (χ4n) is 2.10. The molecule has 0 heterocycles. The first-order valence-corrected chi connectivity index (χ1v) is 9.38. The standard InChI is InChI=1S/C15H22I2O2/c16-14(17)11-6-4-2-1-3-5-8-12-9-7-10-13(18)15(12)19/h7,9-10,14,18-19H,1-6,8,11H2. The number of benzene rings is 1. The molecule has 1 aromatic rings. The van der Waals surface area contributed by atoms with Crippen LogP contribution >= 0.6 is 45.2 Å². The zero-order valence-corrected chi connectivity index (χ0v) is 15.4. The van der Waals surface area contributed by atoms with Gasteiger partial charge in [-0.3, -0.25) is 0 Å². The van der Waals surface area contributed by atoms with Crippen LogP contribution in [0.2, 0.25) is 0 Å². The van der Waals surface area contributed by atoms with E-state index in [9.17, 15) is 10.2 Å². The molecule has 2 N–H and O–H groups in total. The quantitative estimate of drug-likeness (QED) is 0.207. The van der Waals surface area contributed by atoms with Gasteiger partial charge in [0, 0.05) is 0 Å². The summed E-state index contributed by atoms with van der Waals surface area (Å²) in [5.41, 5.74) is 0.859. The molecule has 0 atom stereocenters. The number of halogens is 2. The van der Waals surface area contributed by atoms with Crippen molar-refractivity contribution < 1.29 is 10.2 Å². The summed E-state index contributed by atoms with van der Waals surface area (Å²) in [5.74, 6) is 0.0438. The van der Waals surface area contributed by atoms with E-state index in [1.54, 1.807) is 6.07 Å². The van der Waals surface area contributed by atoms with Crippen LogP contribution in [-0.4, -0.2) is 12.1 Å². The average molecular weight is 488 g/mol. The Bertz CT molecular complexity index is 367. The summed E-state index contributed by atoms with van der Waals surface area (Å²) in [6.07, 6.45) is 9.70. The zero-order chi connectivity index (χ0) is 14.1. The van der Waals surface area contributed by atoms with Crippen molar-refractivity contribution in [2.45, 2.75) is 53.3 Å². The van der Waals surface area contributed by atoms with Gasteiger partial charge in [0.15, 0.2) is 11.5 Å². The molecule has 0 aliphatic heterocycles. The number of hydrogen-bond donors (Lipinski definition) is 2. The second-order valence-corrected chi connectivity index (χ2v) is 10.2. The minimum Gasteiger partial charge on any atom is -0.504 e. The van der Waals surface area contributed by atoms with Gasteiger partial charge in [-0.25, -0.2) is 0 Å². The highest BCUT2D eigenvalue weighted by Crippen LogP contribution is 2.29. The smallest absolute Gasteiger partial charge is 0.160 e. The number of hydrogen-bond acceptors (Lipinski definition) is 2. The van der Waals surface area contributed by atoms with E-state index < -0.39 is 0 Å². The summed E-state index contributed by atoms with van der Waals surface area (Å²) >= 11 is 4.94. The lowest BCUT2D eigenvalue weighted by Gasteiger charge is -2.06. The Balaban J connectivity index is 2.06. The molecule has 0 aliphatic carbocycles. The maximum Gasteiger partial charge on any atom is 0.160 e.